The van der Waals surface area contributed by atoms with Crippen molar-refractivity contribution < 1.29 is 23.9 Å². The third-order valence-electron chi connectivity index (χ3n) is 4.46. The van der Waals surface area contributed by atoms with Crippen molar-refractivity contribution in [2.24, 2.45) is 5.73 Å². The first-order chi connectivity index (χ1) is 15.0. The number of primary amides is 1. The average molecular weight is 418 g/mol. The van der Waals surface area contributed by atoms with Gasteiger partial charge in [-0.25, -0.2) is 4.79 Å². The number of ether oxygens (including phenoxy) is 2. The molecule has 4 amide bonds. The van der Waals surface area contributed by atoms with E-state index in [4.69, 9.17) is 15.2 Å². The Kier molecular flexibility index (Phi) is 5.39. The minimum absolute atomic E-state index is 0.0250. The maximum Gasteiger partial charge on any atom is 0.323 e. The molecule has 156 valence electrons. The molecule has 31 heavy (non-hydrogen) atoms. The molecule has 3 aromatic carbocycles. The summed E-state index contributed by atoms with van der Waals surface area (Å²) in [6.45, 7) is 0.0250. The van der Waals surface area contributed by atoms with Gasteiger partial charge in [0.05, 0.1) is 11.3 Å². The molecule has 0 fully saturated rings. The highest BCUT2D eigenvalue weighted by molar-refractivity contribution is 6.09. The second-order valence-electron chi connectivity index (χ2n) is 6.59. The van der Waals surface area contributed by atoms with Crippen LogP contribution in [-0.2, 0) is 0 Å². The van der Waals surface area contributed by atoms with Gasteiger partial charge in [0, 0.05) is 23.0 Å². The summed E-state index contributed by atoms with van der Waals surface area (Å²) in [6, 6.07) is 17.8. The molecule has 0 saturated carbocycles. The van der Waals surface area contributed by atoms with E-state index in [0.29, 0.717) is 28.4 Å². The quantitative estimate of drug-likeness (QED) is 0.504. The molecule has 5 N–H and O–H groups in total. The molecular formula is C22H18N4O5. The molecule has 1 aliphatic heterocycles. The fourth-order valence-corrected chi connectivity index (χ4v) is 2.96. The number of fused-ring (bicyclic) bond motifs is 1. The average Bonchev–Trinajstić information content (AvgIpc) is 3.21. The fraction of sp³-hybridized carbons (Fsp3) is 0.0455. The Morgan fingerprint density at radius 2 is 1.39 bits per heavy atom. The van der Waals surface area contributed by atoms with Gasteiger partial charge in [-0.1, -0.05) is 18.2 Å². The smallest absolute Gasteiger partial charge is 0.323 e. The third-order valence-corrected chi connectivity index (χ3v) is 4.46. The molecule has 0 bridgehead atoms. The molecule has 9 heteroatoms. The van der Waals surface area contributed by atoms with Gasteiger partial charge < -0.3 is 31.2 Å². The summed E-state index contributed by atoms with van der Waals surface area (Å²) in [7, 11) is 0. The van der Waals surface area contributed by atoms with Crippen LogP contribution in [0.1, 0.15) is 20.7 Å². The molecule has 0 saturated heterocycles. The van der Waals surface area contributed by atoms with Gasteiger partial charge in [0.1, 0.15) is 0 Å². The molecular weight excluding hydrogens is 400 g/mol. The summed E-state index contributed by atoms with van der Waals surface area (Å²) in [5.74, 6) is -0.375. The van der Waals surface area contributed by atoms with Crippen molar-refractivity contribution in [1.29, 1.82) is 0 Å². The van der Waals surface area contributed by atoms with Gasteiger partial charge in [-0.2, -0.15) is 0 Å². The summed E-state index contributed by atoms with van der Waals surface area (Å²) < 4.78 is 10.5. The number of benzene rings is 3. The zero-order chi connectivity index (χ0) is 21.8. The molecule has 0 unspecified atom stereocenters. The van der Waals surface area contributed by atoms with Crippen LogP contribution in [0.15, 0.2) is 66.7 Å². The van der Waals surface area contributed by atoms with E-state index in [1.54, 1.807) is 36.4 Å². The third kappa shape index (κ3) is 4.56. The molecule has 3 aromatic rings. The molecule has 9 nitrogen and oxygen atoms in total. The lowest BCUT2D eigenvalue weighted by atomic mass is 10.1. The van der Waals surface area contributed by atoms with E-state index < -0.39 is 17.8 Å². The van der Waals surface area contributed by atoms with Crippen molar-refractivity contribution in [2.45, 2.75) is 0 Å². The van der Waals surface area contributed by atoms with Crippen molar-refractivity contribution in [1.82, 2.24) is 0 Å². The number of para-hydroxylation sites is 1. The van der Waals surface area contributed by atoms with Crippen LogP contribution in [0.3, 0.4) is 0 Å². The highest BCUT2D eigenvalue weighted by atomic mass is 16.7. The second-order valence-corrected chi connectivity index (χ2v) is 6.59. The topological polar surface area (TPSA) is 132 Å². The number of rotatable bonds is 5. The highest BCUT2D eigenvalue weighted by Crippen LogP contribution is 2.37. The Balaban J connectivity index is 1.43. The predicted molar refractivity (Wildman–Crippen MR) is 115 cm³/mol. The van der Waals surface area contributed by atoms with E-state index in [0.717, 1.165) is 0 Å². The summed E-state index contributed by atoms with van der Waals surface area (Å²) in [5, 5.41) is 8.04. The van der Waals surface area contributed by atoms with Gasteiger partial charge in [0.2, 0.25) is 6.79 Å². The molecule has 4 rings (SSSR count). The van der Waals surface area contributed by atoms with Crippen molar-refractivity contribution in [2.75, 3.05) is 22.7 Å². The van der Waals surface area contributed by atoms with Crippen molar-refractivity contribution in [3.8, 4) is 11.5 Å². The fourth-order valence-electron chi connectivity index (χ4n) is 2.96. The minimum atomic E-state index is -0.711. The predicted octanol–water partition coefficient (Wildman–Crippen LogP) is 3.41. The number of carbonyl (C=O) groups excluding carboxylic acids is 3. The largest absolute Gasteiger partial charge is 0.454 e. The summed E-state index contributed by atoms with van der Waals surface area (Å²) in [6.07, 6.45) is 0. The molecule has 1 aliphatic rings. The van der Waals surface area contributed by atoms with Crippen molar-refractivity contribution in [3.05, 3.63) is 77.9 Å². The zero-order valence-corrected chi connectivity index (χ0v) is 16.2. The lowest BCUT2D eigenvalue weighted by molar-refractivity contribution is 0.100. The maximum absolute atomic E-state index is 12.6. The molecule has 0 spiro atoms. The van der Waals surface area contributed by atoms with Crippen LogP contribution in [0.5, 0.6) is 11.5 Å². The number of hydrogen-bond donors (Lipinski definition) is 4. The van der Waals surface area contributed by atoms with Gasteiger partial charge in [0.15, 0.2) is 11.5 Å². The van der Waals surface area contributed by atoms with Crippen LogP contribution in [0.2, 0.25) is 0 Å². The van der Waals surface area contributed by atoms with Crippen LogP contribution in [0, 0.1) is 0 Å². The Morgan fingerprint density at radius 3 is 2.03 bits per heavy atom. The molecule has 0 aliphatic carbocycles. The van der Waals surface area contributed by atoms with Crippen LogP contribution < -0.4 is 31.2 Å². The first-order valence-electron chi connectivity index (χ1n) is 9.27. The van der Waals surface area contributed by atoms with E-state index in [2.05, 4.69) is 16.0 Å². The lowest BCUT2D eigenvalue weighted by Crippen LogP contribution is -2.20. The van der Waals surface area contributed by atoms with Crippen LogP contribution in [0.4, 0.5) is 21.9 Å². The first-order valence-corrected chi connectivity index (χ1v) is 9.27. The summed E-state index contributed by atoms with van der Waals surface area (Å²) in [5.41, 5.74) is 7.22. The Hall–Kier alpha value is -4.53. The lowest BCUT2D eigenvalue weighted by Gasteiger charge is -2.11. The number of anilines is 3. The number of urea groups is 1. The SMILES string of the molecule is NC(=O)c1cc2c(cc1NC(=O)c1ccc(NC(=O)Nc3ccccc3)cc1)OCO2. The first kappa shape index (κ1) is 19.8. The standard InChI is InChI=1S/C22H18N4O5/c23-20(27)16-10-18-19(31-12-30-18)11-17(16)26-21(28)13-6-8-15(9-7-13)25-22(29)24-14-4-2-1-3-5-14/h1-11H,12H2,(H2,23,27)(H,26,28)(H2,24,25,29). The van der Waals surface area contributed by atoms with Crippen molar-refractivity contribution in [3.63, 3.8) is 0 Å². The monoisotopic (exact) mass is 418 g/mol. The van der Waals surface area contributed by atoms with Crippen LogP contribution in [0.25, 0.3) is 0 Å². The van der Waals surface area contributed by atoms with Gasteiger partial charge in [-0.3, -0.25) is 9.59 Å². The number of amides is 4. The Morgan fingerprint density at radius 1 is 0.774 bits per heavy atom. The maximum atomic E-state index is 12.6. The Bertz CT molecular complexity index is 1150. The van der Waals surface area contributed by atoms with Gasteiger partial charge in [-0.05, 0) is 42.5 Å². The van der Waals surface area contributed by atoms with E-state index in [1.165, 1.54) is 12.1 Å². The van der Waals surface area contributed by atoms with Crippen LogP contribution >= 0.6 is 0 Å². The molecule has 1 heterocycles. The Labute approximate surface area is 177 Å². The van der Waals surface area contributed by atoms with Crippen LogP contribution in [-0.4, -0.2) is 24.6 Å². The molecule has 0 aromatic heterocycles. The number of nitrogens with one attached hydrogen (secondary N) is 3. The van der Waals surface area contributed by atoms with E-state index >= 15 is 0 Å². The van der Waals surface area contributed by atoms with Gasteiger partial charge >= 0.3 is 6.03 Å². The van der Waals surface area contributed by atoms with E-state index in [-0.39, 0.29) is 18.0 Å². The number of carbonyl (C=O) groups is 3. The number of hydrogen-bond acceptors (Lipinski definition) is 5. The minimum Gasteiger partial charge on any atom is -0.454 e. The number of nitrogens with two attached hydrogens (primary N) is 1. The van der Waals surface area contributed by atoms with Gasteiger partial charge in [0.25, 0.3) is 11.8 Å². The summed E-state index contributed by atoms with van der Waals surface area (Å²) in [4.78, 5) is 36.4. The summed E-state index contributed by atoms with van der Waals surface area (Å²) >= 11 is 0. The zero-order valence-electron chi connectivity index (χ0n) is 16.2. The van der Waals surface area contributed by atoms with E-state index in [9.17, 15) is 14.4 Å². The van der Waals surface area contributed by atoms with Crippen molar-refractivity contribution >= 4 is 34.9 Å². The molecule has 0 radical (unpaired) electrons. The highest BCUT2D eigenvalue weighted by Gasteiger charge is 2.21. The molecule has 0 atom stereocenters. The normalized spacial score (nSPS) is 11.5. The van der Waals surface area contributed by atoms with Gasteiger partial charge in [-0.15, -0.1) is 0 Å². The van der Waals surface area contributed by atoms with E-state index in [1.807, 2.05) is 18.2 Å². The second kappa shape index (κ2) is 8.46.